The Bertz CT molecular complexity index is 704. The van der Waals surface area contributed by atoms with Gasteiger partial charge in [0.2, 0.25) is 0 Å². The van der Waals surface area contributed by atoms with Gasteiger partial charge in [-0.25, -0.2) is 0 Å². The van der Waals surface area contributed by atoms with Crippen molar-refractivity contribution in [3.8, 4) is 17.6 Å². The van der Waals surface area contributed by atoms with Crippen LogP contribution in [0.5, 0.6) is 11.5 Å². The summed E-state index contributed by atoms with van der Waals surface area (Å²) in [6.07, 6.45) is 2.58. The van der Waals surface area contributed by atoms with Crippen molar-refractivity contribution in [1.82, 2.24) is 10.2 Å². The third-order valence-corrected chi connectivity index (χ3v) is 4.51. The van der Waals surface area contributed by atoms with Gasteiger partial charge in [0.1, 0.15) is 27.6 Å². The van der Waals surface area contributed by atoms with Gasteiger partial charge in [0.15, 0.2) is 0 Å². The van der Waals surface area contributed by atoms with Gasteiger partial charge in [-0.3, -0.25) is 0 Å². The normalized spacial score (nSPS) is 10.5. The van der Waals surface area contributed by atoms with Crippen LogP contribution in [0, 0.1) is 25.2 Å². The maximum absolute atomic E-state index is 9.95. The number of aryl methyl sites for hydroxylation is 3. The number of rotatable bonds is 6. The van der Waals surface area contributed by atoms with Crippen molar-refractivity contribution < 1.29 is 9.84 Å². The summed E-state index contributed by atoms with van der Waals surface area (Å²) in [5.41, 5.74) is 1.75. The Morgan fingerprint density at radius 3 is 2.68 bits per heavy atom. The smallest absolute Gasteiger partial charge is 0.139 e. The van der Waals surface area contributed by atoms with Gasteiger partial charge in [-0.05, 0) is 38.3 Å². The van der Waals surface area contributed by atoms with Gasteiger partial charge in [-0.1, -0.05) is 6.92 Å². The Labute approximate surface area is 134 Å². The van der Waals surface area contributed by atoms with Crippen molar-refractivity contribution in [2.45, 2.75) is 40.0 Å². The predicted octanol–water partition coefficient (Wildman–Crippen LogP) is 3.31. The van der Waals surface area contributed by atoms with Crippen molar-refractivity contribution >= 4 is 11.3 Å². The van der Waals surface area contributed by atoms with E-state index in [4.69, 9.17) is 10.00 Å². The van der Waals surface area contributed by atoms with Crippen LogP contribution in [0.2, 0.25) is 0 Å². The Morgan fingerprint density at radius 2 is 2.05 bits per heavy atom. The summed E-state index contributed by atoms with van der Waals surface area (Å²) < 4.78 is 5.79. The summed E-state index contributed by atoms with van der Waals surface area (Å²) in [5, 5.41) is 29.2. The molecule has 0 unspecified atom stereocenters. The van der Waals surface area contributed by atoms with Crippen molar-refractivity contribution in [1.29, 1.82) is 5.26 Å². The predicted molar refractivity (Wildman–Crippen MR) is 85.4 cm³/mol. The molecule has 0 saturated heterocycles. The fourth-order valence-corrected chi connectivity index (χ4v) is 3.02. The first-order valence-corrected chi connectivity index (χ1v) is 8.05. The molecule has 116 valence electrons. The van der Waals surface area contributed by atoms with Gasteiger partial charge in [0.05, 0.1) is 12.2 Å². The van der Waals surface area contributed by atoms with E-state index in [9.17, 15) is 5.11 Å². The standard InChI is InChI=1S/C16H19N3O2S/c1-4-13-18-19-14(22-13)6-5-7-21-16-10(2)8-12(9-17)15(20)11(16)3/h8,20H,4-7H2,1-3H3. The molecule has 1 aromatic carbocycles. The molecule has 0 saturated carbocycles. The average Bonchev–Trinajstić information content (AvgIpc) is 2.98. The van der Waals surface area contributed by atoms with Crippen LogP contribution >= 0.6 is 11.3 Å². The van der Waals surface area contributed by atoms with Crippen LogP contribution in [-0.2, 0) is 12.8 Å². The highest BCUT2D eigenvalue weighted by atomic mass is 32.1. The number of aromatic nitrogens is 2. The number of benzene rings is 1. The van der Waals surface area contributed by atoms with Crippen molar-refractivity contribution in [2.24, 2.45) is 0 Å². The minimum Gasteiger partial charge on any atom is -0.506 e. The first-order chi connectivity index (χ1) is 10.6. The van der Waals surface area contributed by atoms with Crippen LogP contribution in [0.15, 0.2) is 6.07 Å². The maximum Gasteiger partial charge on any atom is 0.139 e. The van der Waals surface area contributed by atoms with Gasteiger partial charge in [-0.15, -0.1) is 21.5 Å². The molecule has 0 spiro atoms. The molecule has 0 aliphatic carbocycles. The Kier molecular flexibility index (Phi) is 5.34. The van der Waals surface area contributed by atoms with Crippen molar-refractivity contribution in [3.63, 3.8) is 0 Å². The molecule has 0 atom stereocenters. The lowest BCUT2D eigenvalue weighted by Crippen LogP contribution is -2.03. The minimum atomic E-state index is -0.000175. The highest BCUT2D eigenvalue weighted by Gasteiger charge is 2.13. The molecule has 6 heteroatoms. The number of nitrogens with zero attached hydrogens (tertiary/aromatic N) is 3. The first kappa shape index (κ1) is 16.2. The minimum absolute atomic E-state index is 0.000175. The first-order valence-electron chi connectivity index (χ1n) is 7.24. The lowest BCUT2D eigenvalue weighted by Gasteiger charge is -2.13. The number of phenolic OH excluding ortho intramolecular Hbond substituents is 1. The number of aromatic hydroxyl groups is 1. The molecule has 0 radical (unpaired) electrons. The summed E-state index contributed by atoms with van der Waals surface area (Å²) in [6, 6.07) is 3.63. The van der Waals surface area contributed by atoms with E-state index in [0.29, 0.717) is 17.9 Å². The van der Waals surface area contributed by atoms with Gasteiger partial charge in [-0.2, -0.15) is 5.26 Å². The molecule has 1 aromatic heterocycles. The second kappa shape index (κ2) is 7.23. The molecule has 0 bridgehead atoms. The van der Waals surface area contributed by atoms with E-state index in [1.807, 2.05) is 13.0 Å². The summed E-state index contributed by atoms with van der Waals surface area (Å²) >= 11 is 1.64. The number of nitriles is 1. The van der Waals surface area contributed by atoms with E-state index in [0.717, 1.165) is 34.8 Å². The molecule has 0 fully saturated rings. The zero-order valence-electron chi connectivity index (χ0n) is 13.0. The lowest BCUT2D eigenvalue weighted by molar-refractivity contribution is 0.304. The quantitative estimate of drug-likeness (QED) is 0.827. The molecular formula is C16H19N3O2S. The highest BCUT2D eigenvalue weighted by molar-refractivity contribution is 7.11. The molecule has 22 heavy (non-hydrogen) atoms. The summed E-state index contributed by atoms with van der Waals surface area (Å²) in [5.74, 6) is 0.655. The Balaban J connectivity index is 1.95. The summed E-state index contributed by atoms with van der Waals surface area (Å²) in [6.45, 7) is 6.24. The molecular weight excluding hydrogens is 298 g/mol. The van der Waals surface area contributed by atoms with Crippen LogP contribution in [0.3, 0.4) is 0 Å². The van der Waals surface area contributed by atoms with Crippen molar-refractivity contribution in [3.05, 3.63) is 32.8 Å². The highest BCUT2D eigenvalue weighted by Crippen LogP contribution is 2.33. The summed E-state index contributed by atoms with van der Waals surface area (Å²) in [7, 11) is 0. The molecule has 2 rings (SSSR count). The van der Waals surface area contributed by atoms with Crippen molar-refractivity contribution in [2.75, 3.05) is 6.61 Å². The topological polar surface area (TPSA) is 79.0 Å². The third kappa shape index (κ3) is 3.55. The molecule has 0 amide bonds. The van der Waals surface area contributed by atoms with E-state index < -0.39 is 0 Å². The lowest BCUT2D eigenvalue weighted by atomic mass is 10.0. The van der Waals surface area contributed by atoms with E-state index in [-0.39, 0.29) is 11.3 Å². The van der Waals surface area contributed by atoms with Crippen LogP contribution in [-0.4, -0.2) is 21.9 Å². The fourth-order valence-electron chi connectivity index (χ4n) is 2.19. The number of phenols is 1. The van der Waals surface area contributed by atoms with E-state index in [1.165, 1.54) is 0 Å². The second-order valence-corrected chi connectivity index (χ2v) is 6.20. The largest absolute Gasteiger partial charge is 0.506 e. The fraction of sp³-hybridized carbons (Fsp3) is 0.438. The zero-order valence-corrected chi connectivity index (χ0v) is 13.8. The molecule has 0 aliphatic heterocycles. The van der Waals surface area contributed by atoms with Gasteiger partial charge in [0, 0.05) is 12.0 Å². The number of hydrogen-bond acceptors (Lipinski definition) is 6. The van der Waals surface area contributed by atoms with Crippen LogP contribution < -0.4 is 4.74 Å². The van der Waals surface area contributed by atoms with Gasteiger partial charge >= 0.3 is 0 Å². The molecule has 1 heterocycles. The maximum atomic E-state index is 9.95. The second-order valence-electron chi connectivity index (χ2n) is 5.05. The van der Waals surface area contributed by atoms with E-state index >= 15 is 0 Å². The van der Waals surface area contributed by atoms with Gasteiger partial charge in [0.25, 0.3) is 0 Å². The van der Waals surface area contributed by atoms with E-state index in [1.54, 1.807) is 24.3 Å². The molecule has 1 N–H and O–H groups in total. The number of hydrogen-bond donors (Lipinski definition) is 1. The molecule has 0 aliphatic rings. The third-order valence-electron chi connectivity index (χ3n) is 3.38. The Hall–Kier alpha value is -2.13. The monoisotopic (exact) mass is 317 g/mol. The van der Waals surface area contributed by atoms with Gasteiger partial charge < -0.3 is 9.84 Å². The molecule has 2 aromatic rings. The van der Waals surface area contributed by atoms with E-state index in [2.05, 4.69) is 17.1 Å². The van der Waals surface area contributed by atoms with Crippen LogP contribution in [0.1, 0.15) is 40.1 Å². The van der Waals surface area contributed by atoms with Crippen LogP contribution in [0.25, 0.3) is 0 Å². The van der Waals surface area contributed by atoms with Crippen LogP contribution in [0.4, 0.5) is 0 Å². The summed E-state index contributed by atoms with van der Waals surface area (Å²) in [4.78, 5) is 0. The molecule has 5 nitrogen and oxygen atoms in total. The number of ether oxygens (including phenoxy) is 1. The Morgan fingerprint density at radius 1 is 1.32 bits per heavy atom. The zero-order chi connectivity index (χ0) is 16.1. The SMILES string of the molecule is CCc1nnc(CCCOc2c(C)cc(C#N)c(O)c2C)s1. The average molecular weight is 317 g/mol.